The van der Waals surface area contributed by atoms with Crippen molar-refractivity contribution in [3.05, 3.63) is 0 Å². The van der Waals surface area contributed by atoms with Crippen molar-refractivity contribution in [1.82, 2.24) is 5.32 Å². The maximum absolute atomic E-state index is 11.9. The lowest BCUT2D eigenvalue weighted by atomic mass is 9.88. The number of hydrogen-bond donors (Lipinski definition) is 1. The van der Waals surface area contributed by atoms with Crippen LogP contribution >= 0.6 is 0 Å². The highest BCUT2D eigenvalue weighted by Crippen LogP contribution is 2.22. The van der Waals surface area contributed by atoms with Gasteiger partial charge in [-0.2, -0.15) is 13.2 Å². The van der Waals surface area contributed by atoms with Crippen LogP contribution in [0.5, 0.6) is 0 Å². The first kappa shape index (κ1) is 16.7. The van der Waals surface area contributed by atoms with Crippen molar-refractivity contribution in [2.24, 2.45) is 5.41 Å². The third-order valence-corrected chi connectivity index (χ3v) is 2.60. The average Bonchev–Trinajstić information content (AvgIpc) is 2.23. The predicted molar refractivity (Wildman–Crippen MR) is 60.0 cm³/mol. The lowest BCUT2D eigenvalue weighted by Gasteiger charge is -2.28. The number of hydrogen-bond acceptors (Lipinski definition) is 3. The Bertz CT molecular complexity index is 200. The molecule has 0 aliphatic rings. The van der Waals surface area contributed by atoms with Gasteiger partial charge >= 0.3 is 6.18 Å². The Kier molecular flexibility index (Phi) is 7.74. The molecule has 0 spiro atoms. The second kappa shape index (κ2) is 7.89. The van der Waals surface area contributed by atoms with E-state index in [2.05, 4.69) is 5.32 Å². The van der Waals surface area contributed by atoms with Crippen LogP contribution in [0.25, 0.3) is 0 Å². The normalized spacial score (nSPS) is 15.9. The molecule has 1 atom stereocenters. The van der Waals surface area contributed by atoms with Crippen LogP contribution in [0.4, 0.5) is 13.2 Å². The third kappa shape index (κ3) is 9.38. The Labute approximate surface area is 101 Å². The van der Waals surface area contributed by atoms with E-state index in [-0.39, 0.29) is 12.0 Å². The van der Waals surface area contributed by atoms with Gasteiger partial charge in [-0.05, 0) is 6.42 Å². The van der Waals surface area contributed by atoms with Crippen LogP contribution in [0, 0.1) is 5.41 Å². The predicted octanol–water partition coefficient (Wildman–Crippen LogP) is 2.22. The third-order valence-electron chi connectivity index (χ3n) is 2.60. The molecule has 3 nitrogen and oxygen atoms in total. The first-order chi connectivity index (χ1) is 7.83. The highest BCUT2D eigenvalue weighted by atomic mass is 19.4. The summed E-state index contributed by atoms with van der Waals surface area (Å²) in [4.78, 5) is 0. The first-order valence-electron chi connectivity index (χ1n) is 5.67. The van der Waals surface area contributed by atoms with E-state index in [1.54, 1.807) is 7.11 Å². The van der Waals surface area contributed by atoms with Gasteiger partial charge in [0.1, 0.15) is 6.61 Å². The molecular formula is C11H22F3NO2. The monoisotopic (exact) mass is 257 g/mol. The number of ether oxygens (including phenoxy) is 2. The number of methoxy groups -OCH3 is 1. The molecule has 0 saturated carbocycles. The fourth-order valence-corrected chi connectivity index (χ4v) is 1.26. The van der Waals surface area contributed by atoms with E-state index in [9.17, 15) is 13.2 Å². The van der Waals surface area contributed by atoms with E-state index in [0.29, 0.717) is 19.7 Å². The number of halogens is 3. The Balaban J connectivity index is 3.84. The molecule has 0 saturated heterocycles. The van der Waals surface area contributed by atoms with Gasteiger partial charge in [-0.25, -0.2) is 0 Å². The maximum atomic E-state index is 11.9. The minimum atomic E-state index is -4.25. The molecule has 0 amide bonds. The van der Waals surface area contributed by atoms with Crippen molar-refractivity contribution in [3.63, 3.8) is 0 Å². The van der Waals surface area contributed by atoms with Crippen molar-refractivity contribution >= 4 is 0 Å². The SMILES string of the molecule is CCC(C)(CNCCOC)COCC(F)(F)F. The van der Waals surface area contributed by atoms with Gasteiger partial charge in [0.05, 0.1) is 13.2 Å². The highest BCUT2D eigenvalue weighted by Gasteiger charge is 2.30. The maximum Gasteiger partial charge on any atom is 0.411 e. The van der Waals surface area contributed by atoms with Crippen molar-refractivity contribution in [3.8, 4) is 0 Å². The van der Waals surface area contributed by atoms with E-state index >= 15 is 0 Å². The molecule has 0 fully saturated rings. The molecule has 6 heteroatoms. The largest absolute Gasteiger partial charge is 0.411 e. The molecule has 0 aliphatic heterocycles. The molecule has 0 bridgehead atoms. The van der Waals surface area contributed by atoms with Crippen LogP contribution in [0.15, 0.2) is 0 Å². The summed E-state index contributed by atoms with van der Waals surface area (Å²) in [5, 5.41) is 3.14. The van der Waals surface area contributed by atoms with Crippen molar-refractivity contribution in [2.75, 3.05) is 40.0 Å². The summed E-state index contributed by atoms with van der Waals surface area (Å²) in [5.41, 5.74) is -0.279. The van der Waals surface area contributed by atoms with E-state index in [0.717, 1.165) is 6.42 Å². The standard InChI is InChI=1S/C11H22F3NO2/c1-4-10(2,7-15-5-6-16-3)8-17-9-11(12,13)14/h15H,4-9H2,1-3H3. The topological polar surface area (TPSA) is 30.5 Å². The molecule has 0 radical (unpaired) electrons. The Hall–Kier alpha value is -0.330. The quantitative estimate of drug-likeness (QED) is 0.642. The van der Waals surface area contributed by atoms with Gasteiger partial charge in [0.25, 0.3) is 0 Å². The van der Waals surface area contributed by atoms with Gasteiger partial charge in [0.2, 0.25) is 0 Å². The molecule has 1 N–H and O–H groups in total. The van der Waals surface area contributed by atoms with Gasteiger partial charge in [-0.15, -0.1) is 0 Å². The minimum Gasteiger partial charge on any atom is -0.383 e. The van der Waals surface area contributed by atoms with Crippen LogP contribution in [-0.2, 0) is 9.47 Å². The molecule has 0 aliphatic carbocycles. The summed E-state index contributed by atoms with van der Waals surface area (Å²) >= 11 is 0. The average molecular weight is 257 g/mol. The molecule has 0 aromatic heterocycles. The first-order valence-corrected chi connectivity index (χ1v) is 5.67. The zero-order valence-electron chi connectivity index (χ0n) is 10.7. The second-order valence-corrected chi connectivity index (χ2v) is 4.44. The molecule has 17 heavy (non-hydrogen) atoms. The van der Waals surface area contributed by atoms with E-state index in [1.807, 2.05) is 13.8 Å². The summed E-state index contributed by atoms with van der Waals surface area (Å²) in [7, 11) is 1.60. The number of nitrogens with one attached hydrogen (secondary N) is 1. The van der Waals surface area contributed by atoms with Crippen LogP contribution in [0.1, 0.15) is 20.3 Å². The lowest BCUT2D eigenvalue weighted by molar-refractivity contribution is -0.180. The molecule has 1 unspecified atom stereocenters. The van der Waals surface area contributed by atoms with E-state index < -0.39 is 12.8 Å². The summed E-state index contributed by atoms with van der Waals surface area (Å²) in [6, 6.07) is 0. The van der Waals surface area contributed by atoms with E-state index in [4.69, 9.17) is 9.47 Å². The minimum absolute atomic E-state index is 0.100. The number of rotatable bonds is 9. The summed E-state index contributed by atoms with van der Waals surface area (Å²) < 4.78 is 45.4. The molecule has 0 aromatic carbocycles. The molecule has 0 heterocycles. The Morgan fingerprint density at radius 1 is 1.18 bits per heavy atom. The Morgan fingerprint density at radius 2 is 1.82 bits per heavy atom. The van der Waals surface area contributed by atoms with Crippen LogP contribution in [0.2, 0.25) is 0 Å². The van der Waals surface area contributed by atoms with Crippen molar-refractivity contribution < 1.29 is 22.6 Å². The smallest absolute Gasteiger partial charge is 0.383 e. The fourth-order valence-electron chi connectivity index (χ4n) is 1.26. The number of alkyl halides is 3. The summed E-state index contributed by atoms with van der Waals surface area (Å²) in [6.45, 7) is 4.65. The van der Waals surface area contributed by atoms with Gasteiger partial charge in [0, 0.05) is 25.6 Å². The second-order valence-electron chi connectivity index (χ2n) is 4.44. The van der Waals surface area contributed by atoms with E-state index in [1.165, 1.54) is 0 Å². The van der Waals surface area contributed by atoms with Crippen LogP contribution < -0.4 is 5.32 Å². The van der Waals surface area contributed by atoms with Gasteiger partial charge in [0.15, 0.2) is 0 Å². The van der Waals surface area contributed by atoms with Gasteiger partial charge < -0.3 is 14.8 Å². The molecular weight excluding hydrogens is 235 g/mol. The molecule has 0 rings (SSSR count). The highest BCUT2D eigenvalue weighted by molar-refractivity contribution is 4.75. The van der Waals surface area contributed by atoms with Gasteiger partial charge in [-0.1, -0.05) is 13.8 Å². The van der Waals surface area contributed by atoms with Crippen molar-refractivity contribution in [2.45, 2.75) is 26.4 Å². The van der Waals surface area contributed by atoms with Gasteiger partial charge in [-0.3, -0.25) is 0 Å². The van der Waals surface area contributed by atoms with Crippen molar-refractivity contribution in [1.29, 1.82) is 0 Å². The molecule has 0 aromatic rings. The van der Waals surface area contributed by atoms with Crippen LogP contribution in [-0.4, -0.2) is 46.2 Å². The lowest BCUT2D eigenvalue weighted by Crippen LogP contribution is -2.37. The molecule has 104 valence electrons. The zero-order chi connectivity index (χ0) is 13.4. The fraction of sp³-hybridized carbons (Fsp3) is 1.00. The zero-order valence-corrected chi connectivity index (χ0v) is 10.7. The summed E-state index contributed by atoms with van der Waals surface area (Å²) in [6.07, 6.45) is -3.50. The van der Waals surface area contributed by atoms with Crippen LogP contribution in [0.3, 0.4) is 0 Å². The Morgan fingerprint density at radius 3 is 2.29 bits per heavy atom. The summed E-state index contributed by atoms with van der Waals surface area (Å²) in [5.74, 6) is 0.